The summed E-state index contributed by atoms with van der Waals surface area (Å²) in [6.45, 7) is 25.5. The van der Waals surface area contributed by atoms with Gasteiger partial charge in [-0.25, -0.2) is 4.39 Å². The van der Waals surface area contributed by atoms with Crippen molar-refractivity contribution < 1.29 is 273 Å². The molecule has 2 aromatic heterocycles. The number of halogens is 3. The van der Waals surface area contributed by atoms with Gasteiger partial charge in [-0.1, -0.05) is 140 Å². The molecule has 2 heterocycles. The van der Waals surface area contributed by atoms with E-state index in [-0.39, 0.29) is 292 Å². The molecule has 6 radical (unpaired) electrons. The number of carbonyl (C=O) groups excluding carboxylic acids is 3. The maximum absolute atomic E-state index is 14.6. The Morgan fingerprint density at radius 1 is 0.617 bits per heavy atom. The molecule has 0 spiro atoms. The number of benzene rings is 6. The number of hydrogen-bond acceptors (Lipinski definition) is 16. The fourth-order valence-corrected chi connectivity index (χ4v) is 19.1. The van der Waals surface area contributed by atoms with Crippen molar-refractivity contribution in [3.8, 4) is 28.7 Å². The Morgan fingerprint density at radius 3 is 1.98 bits per heavy atom. The molecule has 4 fully saturated rings. The van der Waals surface area contributed by atoms with Gasteiger partial charge in [-0.2, -0.15) is 66.9 Å². The Balaban J connectivity index is 0.000000409. The summed E-state index contributed by atoms with van der Waals surface area (Å²) < 4.78 is 60.8. The third kappa shape index (κ3) is 40.5. The summed E-state index contributed by atoms with van der Waals surface area (Å²) in [4.78, 5) is 37.6. The largest absolute Gasteiger partial charge is 0.593 e. The standard InChI is InChI=1S/C24H30ClO2.C20H27FIO.C20H23O6.C20H27O2.C19H21O4S.6Y/c1-17-13-21(14-18(2)22(17)15-26)27-16-23-20(11-12-24(23)25)10-6-9-19-7-4-3-5-8-19;1-4-5-6-7-11-16-12-18(22)19(21)17(16)13-23-20-14(2)9-8-10-15(20)3;1-13(21)14-4-2-5-15(8-14)26-12-18-17(19(22)9-20(18)23)11-24-10-16-6-3-7-25-16;1-4-5-6-7-8-17-9-10-20(21)19(17)14-22-18-12-15(2)11-16(3)13-18;20-10-14-4-1-2-6-19(14)23-13-17-15(7-8-18(17)21)11-22-12-16-5-3-9-24-16;;;;;;/h3-4,7-8,13-14,20,23-24,26H,6,9-12,15-16H2,1-2H3;6-10,16-19H,1,4-5,11-13H2,2-3H3;2-6,8,13,17-19,21-22H,9-12H2,1H3;9-13,17,19H,1,4-8,14H2,2-3H3;1-6,15,17,20H,7-8,10-13H2;;;;;;/q5*-1;;;;;;/b;7-6-;;;;;;;;;/t20-,23+,24?;16-,17+,18?,19?;13?,17-,18-,19?;17-,19+;15-,17-;;;;;;/m00101....../s1. The Kier molecular flexibility index (Phi) is 63.2. The van der Waals surface area contributed by atoms with E-state index in [1.165, 1.54) is 48.8 Å². The molecule has 5 aliphatic rings. The minimum Gasteiger partial charge on any atom is -0.593 e. The molecule has 128 heavy (non-hydrogen) atoms. The van der Waals surface area contributed by atoms with Crippen LogP contribution in [0.1, 0.15) is 182 Å². The van der Waals surface area contributed by atoms with Crippen molar-refractivity contribution in [2.24, 2.45) is 59.2 Å². The topological polar surface area (TPSA) is 210 Å². The number of ketones is 3. The monoisotopic (exact) mass is 2350 g/mol. The first-order valence-corrected chi connectivity index (χ1v) is 46.1. The van der Waals surface area contributed by atoms with E-state index in [9.17, 15) is 39.2 Å². The molecule has 13 rings (SSSR count). The average Bonchev–Trinajstić information content (AvgIpc) is 1.67. The zero-order chi connectivity index (χ0) is 87.3. The molecule has 0 aliphatic heterocycles. The quantitative estimate of drug-likeness (QED) is 0.00928. The molecule has 5 aliphatic carbocycles. The number of rotatable bonds is 39. The normalized spacial score (nSPS) is 21.9. The summed E-state index contributed by atoms with van der Waals surface area (Å²) in [7, 11) is 0. The number of allylic oxidation sites excluding steroid dienone is 4. The SMILES string of the molecule is CC(O)c1cccc(OC[C@H]2C(=O)CC(O)[C@@H]2COCc2cc[c-]o2)c1.Cc1cc(OC[C@H]2C(Cl)CC[C@@H]2CCCc2c[c-]ccc2)cc(C)c1CO.O=C1CC[C@H](COCc2cc[c-]s2)[C@H]1COc1ccccc1CO.[CH2-]CC/C=C\C[C@H]1CC(I)C(F)[C@@H]1COc1c(C)cccc1C.[CH2-]CCCCC[C@H]1C=CC(=O)[C@@H]1COc1cc(C)cc(C)c1.[Y].[Y].[Y].[Y].[Y].[Y]. The molecule has 0 saturated heterocycles. The Hall–Kier alpha value is -0.877. The van der Waals surface area contributed by atoms with Crippen molar-refractivity contribution in [1.82, 2.24) is 0 Å². The van der Waals surface area contributed by atoms with Crippen LogP contribution in [0.2, 0.25) is 0 Å². The van der Waals surface area contributed by atoms with E-state index in [1.54, 1.807) is 54.7 Å². The number of para-hydroxylation sites is 2. The predicted octanol–water partition coefficient (Wildman–Crippen LogP) is 22.0. The molecule has 15 nitrogen and oxygen atoms in total. The summed E-state index contributed by atoms with van der Waals surface area (Å²) in [5.41, 5.74) is 10.6. The van der Waals surface area contributed by atoms with Crippen molar-refractivity contribution >= 4 is 62.9 Å². The molecule has 25 heteroatoms. The molecule has 5 unspecified atom stereocenters. The summed E-state index contributed by atoms with van der Waals surface area (Å²) in [6.07, 6.45) is 25.4. The van der Waals surface area contributed by atoms with Crippen LogP contribution in [0.3, 0.4) is 0 Å². The number of aryl methyl sites for hydroxylation is 7. The number of ether oxygens (including phenoxy) is 7. The molecule has 0 amide bonds. The van der Waals surface area contributed by atoms with Gasteiger partial charge in [0.2, 0.25) is 0 Å². The van der Waals surface area contributed by atoms with Gasteiger partial charge in [0.05, 0.1) is 82.8 Å². The third-order valence-corrected chi connectivity index (χ3v) is 26.6. The molecular formula is C103H128ClFIO15SY6-5. The first-order valence-electron chi connectivity index (χ1n) is 43.6. The van der Waals surface area contributed by atoms with Crippen LogP contribution < -0.4 is 23.7 Å². The smallest absolute Gasteiger partial charge is 0.162 e. The molecular weight excluding hydrogens is 2220 g/mol. The first kappa shape index (κ1) is 121. The molecule has 6 aromatic carbocycles. The summed E-state index contributed by atoms with van der Waals surface area (Å²) in [6, 6.07) is 49.6. The van der Waals surface area contributed by atoms with Gasteiger partial charge in [0.1, 0.15) is 46.5 Å². The second-order valence-electron chi connectivity index (χ2n) is 33.3. The van der Waals surface area contributed by atoms with Gasteiger partial charge in [-0.3, -0.25) is 25.7 Å². The van der Waals surface area contributed by atoms with E-state index in [0.29, 0.717) is 87.0 Å². The van der Waals surface area contributed by atoms with E-state index in [0.717, 1.165) is 125 Å². The minimum atomic E-state index is -0.772. The maximum atomic E-state index is 14.6. The van der Waals surface area contributed by atoms with Crippen LogP contribution >= 0.6 is 45.5 Å². The molecule has 680 valence electrons. The Bertz CT molecular complexity index is 4430. The number of Topliss-reactive ketones (excluding diaryl/α,β-unsaturated/α-hetero) is 2. The zero-order valence-electron chi connectivity index (χ0n) is 75.8. The van der Waals surface area contributed by atoms with Gasteiger partial charge in [-0.15, -0.1) is 27.9 Å². The van der Waals surface area contributed by atoms with E-state index in [2.05, 4.69) is 110 Å². The van der Waals surface area contributed by atoms with Crippen molar-refractivity contribution in [3.63, 3.8) is 0 Å². The fraction of sp³-hybridized carbons (Fsp3) is 0.485. The van der Waals surface area contributed by atoms with E-state index >= 15 is 0 Å². The maximum Gasteiger partial charge on any atom is 0.162 e. The van der Waals surface area contributed by atoms with Crippen molar-refractivity contribution in [3.05, 3.63) is 268 Å². The molecule has 4 saturated carbocycles. The van der Waals surface area contributed by atoms with Crippen LogP contribution in [0.5, 0.6) is 28.7 Å². The number of unbranched alkanes of at least 4 members (excludes halogenated alkanes) is 4. The zero-order valence-corrected chi connectivity index (χ0v) is 96.6. The van der Waals surface area contributed by atoms with Crippen LogP contribution in [-0.4, -0.2) is 106 Å². The number of thiophene rings is 1. The molecule has 4 N–H and O–H groups in total. The number of aliphatic hydroxyl groups is 4. The summed E-state index contributed by atoms with van der Waals surface area (Å²) in [5, 5.41) is 41.9. The van der Waals surface area contributed by atoms with Crippen LogP contribution in [0.4, 0.5) is 4.39 Å². The van der Waals surface area contributed by atoms with E-state index in [4.69, 9.17) is 49.2 Å². The van der Waals surface area contributed by atoms with Crippen LogP contribution in [-0.2, 0) is 253 Å². The van der Waals surface area contributed by atoms with Gasteiger partial charge >= 0.3 is 0 Å². The van der Waals surface area contributed by atoms with E-state index < -0.39 is 24.3 Å². The second kappa shape index (κ2) is 66.6. The fourth-order valence-electron chi connectivity index (χ4n) is 17.0. The van der Waals surface area contributed by atoms with E-state index in [1.807, 2.05) is 119 Å². The van der Waals surface area contributed by atoms with Crippen molar-refractivity contribution in [2.75, 3.05) is 46.2 Å². The van der Waals surface area contributed by atoms with Gasteiger partial charge in [-0.05, 0) is 216 Å². The van der Waals surface area contributed by atoms with Gasteiger partial charge < -0.3 is 71.8 Å². The van der Waals surface area contributed by atoms with Crippen molar-refractivity contribution in [2.45, 2.75) is 212 Å². The Morgan fingerprint density at radius 2 is 1.30 bits per heavy atom. The summed E-state index contributed by atoms with van der Waals surface area (Å²) >= 11 is 10.4. The van der Waals surface area contributed by atoms with Crippen LogP contribution in [0.25, 0.3) is 0 Å². The molecule has 8 aromatic rings. The van der Waals surface area contributed by atoms with Crippen LogP contribution in [0.15, 0.2) is 174 Å². The number of aliphatic hydroxyl groups excluding tert-OH is 4. The van der Waals surface area contributed by atoms with Gasteiger partial charge in [0.25, 0.3) is 0 Å². The minimum absolute atomic E-state index is 0. The number of hydrogen-bond donors (Lipinski definition) is 4. The Labute approximate surface area is 936 Å². The number of furan rings is 1. The number of carbonyl (C=O) groups is 3. The number of alkyl halides is 3. The average molecular weight is 2350 g/mol. The summed E-state index contributed by atoms with van der Waals surface area (Å²) in [5.74, 6) is 6.04. The van der Waals surface area contributed by atoms with Gasteiger partial charge in [0, 0.05) is 262 Å². The second-order valence-corrected chi connectivity index (χ2v) is 36.4. The van der Waals surface area contributed by atoms with Gasteiger partial charge in [0.15, 0.2) is 5.78 Å². The van der Waals surface area contributed by atoms with Crippen molar-refractivity contribution in [1.29, 1.82) is 0 Å². The predicted molar refractivity (Wildman–Crippen MR) is 491 cm³/mol. The third-order valence-electron chi connectivity index (χ3n) is 24.1. The van der Waals surface area contributed by atoms with Crippen LogP contribution in [0, 0.1) is 132 Å². The first-order chi connectivity index (χ1) is 59.0. The molecule has 15 atom stereocenters. The molecule has 0 bridgehead atoms.